The molecule has 28 heavy (non-hydrogen) atoms. The van der Waals surface area contributed by atoms with Gasteiger partial charge in [0.1, 0.15) is 0 Å². The van der Waals surface area contributed by atoms with Crippen LogP contribution in [0.4, 0.5) is 5.69 Å². The minimum atomic E-state index is -0.676. The Kier molecular flexibility index (Phi) is 5.11. The van der Waals surface area contributed by atoms with Crippen molar-refractivity contribution in [1.82, 2.24) is 0 Å². The maximum Gasteiger partial charge on any atom is 0.306 e. The van der Waals surface area contributed by atoms with Crippen LogP contribution in [0, 0.1) is 5.92 Å². The maximum atomic E-state index is 12.7. The molecule has 3 aromatic carbocycles. The largest absolute Gasteiger partial charge is 0.481 e. The zero-order valence-electron chi connectivity index (χ0n) is 15.6. The molecule has 1 saturated carbocycles. The molecule has 0 radical (unpaired) electrons. The summed E-state index contributed by atoms with van der Waals surface area (Å²) in [6.45, 7) is 0. The number of carboxylic acids is 1. The van der Waals surface area contributed by atoms with E-state index in [9.17, 15) is 9.59 Å². The number of fused-ring (bicyclic) bond motifs is 1. The highest BCUT2D eigenvalue weighted by atomic mass is 16.4. The van der Waals surface area contributed by atoms with Crippen LogP contribution >= 0.6 is 0 Å². The lowest BCUT2D eigenvalue weighted by Gasteiger charge is -2.26. The number of hydrogen-bond acceptors (Lipinski definition) is 2. The van der Waals surface area contributed by atoms with E-state index in [1.54, 1.807) is 0 Å². The Morgan fingerprint density at radius 1 is 0.821 bits per heavy atom. The summed E-state index contributed by atoms with van der Waals surface area (Å²) >= 11 is 0. The van der Waals surface area contributed by atoms with Crippen molar-refractivity contribution in [3.8, 4) is 0 Å². The van der Waals surface area contributed by atoms with E-state index in [0.717, 1.165) is 42.1 Å². The van der Waals surface area contributed by atoms with Crippen LogP contribution < -0.4 is 5.32 Å². The van der Waals surface area contributed by atoms with Gasteiger partial charge >= 0.3 is 5.97 Å². The van der Waals surface area contributed by atoms with Crippen molar-refractivity contribution in [1.29, 1.82) is 0 Å². The maximum absolute atomic E-state index is 12.7. The summed E-state index contributed by atoms with van der Waals surface area (Å²) in [7, 11) is 0. The average Bonchev–Trinajstić information content (AvgIpc) is 2.74. The third kappa shape index (κ3) is 3.77. The second-order valence-electron chi connectivity index (χ2n) is 7.49. The number of benzene rings is 3. The number of amides is 1. The van der Waals surface area contributed by atoms with Gasteiger partial charge in [0.25, 0.3) is 5.91 Å². The van der Waals surface area contributed by atoms with Crippen LogP contribution in [0.25, 0.3) is 10.8 Å². The van der Waals surface area contributed by atoms with Crippen molar-refractivity contribution >= 4 is 28.3 Å². The molecule has 3 aromatic rings. The quantitative estimate of drug-likeness (QED) is 0.639. The number of anilines is 1. The van der Waals surface area contributed by atoms with Crippen LogP contribution in [0.2, 0.25) is 0 Å². The van der Waals surface area contributed by atoms with Gasteiger partial charge in [0.2, 0.25) is 0 Å². The van der Waals surface area contributed by atoms with Gasteiger partial charge in [-0.2, -0.15) is 0 Å². The fourth-order valence-corrected chi connectivity index (χ4v) is 4.13. The molecule has 4 nitrogen and oxygen atoms in total. The van der Waals surface area contributed by atoms with E-state index in [1.165, 1.54) is 5.56 Å². The molecule has 0 aromatic heterocycles. The molecule has 1 aliphatic rings. The SMILES string of the molecule is O=C(Nc1ccc([C@H]2CC[C@@H](C(=O)O)CC2)cc1)c1cccc2ccccc12. The molecule has 142 valence electrons. The Hall–Kier alpha value is -3.14. The van der Waals surface area contributed by atoms with Gasteiger partial charge < -0.3 is 10.4 Å². The first-order chi connectivity index (χ1) is 13.6. The summed E-state index contributed by atoms with van der Waals surface area (Å²) in [5, 5.41) is 14.1. The van der Waals surface area contributed by atoms with E-state index in [2.05, 4.69) is 5.32 Å². The van der Waals surface area contributed by atoms with Crippen molar-refractivity contribution in [3.05, 3.63) is 77.9 Å². The molecule has 0 unspecified atom stereocenters. The van der Waals surface area contributed by atoms with Crippen LogP contribution in [0.1, 0.15) is 47.5 Å². The monoisotopic (exact) mass is 373 g/mol. The zero-order valence-corrected chi connectivity index (χ0v) is 15.6. The fourth-order valence-electron chi connectivity index (χ4n) is 4.13. The number of aliphatic carboxylic acids is 1. The molecule has 2 N–H and O–H groups in total. The first-order valence-corrected chi connectivity index (χ1v) is 9.73. The third-order valence-electron chi connectivity index (χ3n) is 5.75. The Morgan fingerprint density at radius 2 is 1.50 bits per heavy atom. The Bertz CT molecular complexity index is 997. The molecular weight excluding hydrogens is 350 g/mol. The molecule has 4 heteroatoms. The molecule has 1 amide bonds. The molecule has 0 bridgehead atoms. The van der Waals surface area contributed by atoms with Gasteiger partial charge in [-0.05, 0) is 66.1 Å². The lowest BCUT2D eigenvalue weighted by molar-refractivity contribution is -0.142. The predicted octanol–water partition coefficient (Wildman–Crippen LogP) is 5.45. The highest BCUT2D eigenvalue weighted by Gasteiger charge is 2.26. The highest BCUT2D eigenvalue weighted by molar-refractivity contribution is 6.12. The van der Waals surface area contributed by atoms with Crippen LogP contribution in [-0.4, -0.2) is 17.0 Å². The van der Waals surface area contributed by atoms with Crippen LogP contribution in [-0.2, 0) is 4.79 Å². The molecule has 0 spiro atoms. The van der Waals surface area contributed by atoms with Gasteiger partial charge in [0.15, 0.2) is 0 Å². The highest BCUT2D eigenvalue weighted by Crippen LogP contribution is 2.36. The minimum Gasteiger partial charge on any atom is -0.481 e. The molecule has 4 rings (SSSR count). The number of nitrogens with one attached hydrogen (secondary N) is 1. The van der Waals surface area contributed by atoms with Gasteiger partial charge in [0.05, 0.1) is 5.92 Å². The van der Waals surface area contributed by atoms with Gasteiger partial charge in [-0.3, -0.25) is 9.59 Å². The number of hydrogen-bond donors (Lipinski definition) is 2. The van der Waals surface area contributed by atoms with Crippen molar-refractivity contribution in [2.75, 3.05) is 5.32 Å². The summed E-state index contributed by atoms with van der Waals surface area (Å²) in [6.07, 6.45) is 3.27. The summed E-state index contributed by atoms with van der Waals surface area (Å²) in [5.41, 5.74) is 2.64. The van der Waals surface area contributed by atoms with Crippen LogP contribution in [0.3, 0.4) is 0 Å². The average molecular weight is 373 g/mol. The molecular formula is C24H23NO3. The summed E-state index contributed by atoms with van der Waals surface area (Å²) in [4.78, 5) is 23.9. The third-order valence-corrected chi connectivity index (χ3v) is 5.75. The molecule has 0 saturated heterocycles. The number of carboxylic acid groups (broad SMARTS) is 1. The fraction of sp³-hybridized carbons (Fsp3) is 0.250. The van der Waals surface area contributed by atoms with Crippen LogP contribution in [0.5, 0.6) is 0 Å². The van der Waals surface area contributed by atoms with E-state index >= 15 is 0 Å². The van der Waals surface area contributed by atoms with Crippen molar-refractivity contribution < 1.29 is 14.7 Å². The van der Waals surface area contributed by atoms with Gasteiger partial charge in [0, 0.05) is 11.3 Å². The van der Waals surface area contributed by atoms with Gasteiger partial charge in [-0.25, -0.2) is 0 Å². The standard InChI is InChI=1S/C24H23NO3/c26-23(22-7-3-5-18-4-1-2-6-21(18)22)25-20-14-12-17(13-15-20)16-8-10-19(11-9-16)24(27)28/h1-7,12-16,19H,8-11H2,(H,25,26)(H,27,28)/t16-,19+. The molecule has 0 atom stereocenters. The van der Waals surface area contributed by atoms with E-state index < -0.39 is 5.97 Å². The van der Waals surface area contributed by atoms with E-state index in [4.69, 9.17) is 5.11 Å². The molecule has 1 fully saturated rings. The van der Waals surface area contributed by atoms with Crippen molar-refractivity contribution in [2.24, 2.45) is 5.92 Å². The molecule has 1 aliphatic carbocycles. The normalized spacial score (nSPS) is 19.3. The van der Waals surface area contributed by atoms with Gasteiger partial charge in [-0.1, -0.05) is 48.5 Å². The second kappa shape index (κ2) is 7.85. The van der Waals surface area contributed by atoms with E-state index in [1.807, 2.05) is 66.7 Å². The smallest absolute Gasteiger partial charge is 0.306 e. The van der Waals surface area contributed by atoms with Crippen molar-refractivity contribution in [3.63, 3.8) is 0 Å². The Labute approximate surface area is 164 Å². The number of rotatable bonds is 4. The van der Waals surface area contributed by atoms with E-state index in [-0.39, 0.29) is 11.8 Å². The first kappa shape index (κ1) is 18.2. The van der Waals surface area contributed by atoms with Crippen molar-refractivity contribution in [2.45, 2.75) is 31.6 Å². The second-order valence-corrected chi connectivity index (χ2v) is 7.49. The number of carbonyl (C=O) groups is 2. The minimum absolute atomic E-state index is 0.119. The lowest BCUT2D eigenvalue weighted by atomic mass is 9.79. The van der Waals surface area contributed by atoms with Crippen LogP contribution in [0.15, 0.2) is 66.7 Å². The van der Waals surface area contributed by atoms with Gasteiger partial charge in [-0.15, -0.1) is 0 Å². The molecule has 0 aliphatic heterocycles. The topological polar surface area (TPSA) is 66.4 Å². The first-order valence-electron chi connectivity index (χ1n) is 9.73. The lowest BCUT2D eigenvalue weighted by Crippen LogP contribution is -2.20. The zero-order chi connectivity index (χ0) is 19.5. The summed E-state index contributed by atoms with van der Waals surface area (Å²) in [6, 6.07) is 21.6. The predicted molar refractivity (Wildman–Crippen MR) is 111 cm³/mol. The Morgan fingerprint density at radius 3 is 2.21 bits per heavy atom. The summed E-state index contributed by atoms with van der Waals surface area (Å²) < 4.78 is 0. The summed E-state index contributed by atoms with van der Waals surface area (Å²) in [5.74, 6) is -0.592. The number of carbonyl (C=O) groups excluding carboxylic acids is 1. The Balaban J connectivity index is 1.45. The molecule has 0 heterocycles. The van der Waals surface area contributed by atoms with E-state index in [0.29, 0.717) is 11.5 Å².